The number of ether oxygens (including phenoxy) is 1. The monoisotopic (exact) mass is 217 g/mol. The standard InChI is InChI=1S/C14H19NO/c1-2-4-12(5-3-1)13-10-14(16-11-13)6-8-15-9-7-14/h1-5,13,15H,6-11H2/t13-/m1/s1. The summed E-state index contributed by atoms with van der Waals surface area (Å²) < 4.78 is 6.11. The highest BCUT2D eigenvalue weighted by Gasteiger charge is 2.41. The minimum absolute atomic E-state index is 0.186. The third-order valence-corrected chi connectivity index (χ3v) is 3.99. The molecule has 0 bridgehead atoms. The smallest absolute Gasteiger partial charge is 0.0713 e. The number of hydrogen-bond donors (Lipinski definition) is 1. The van der Waals surface area contributed by atoms with Gasteiger partial charge in [-0.2, -0.15) is 0 Å². The summed E-state index contributed by atoms with van der Waals surface area (Å²) in [4.78, 5) is 0. The van der Waals surface area contributed by atoms with E-state index in [1.807, 2.05) is 0 Å². The van der Waals surface area contributed by atoms with Crippen molar-refractivity contribution >= 4 is 0 Å². The SMILES string of the molecule is c1ccc([C@H]2COC3(CCNCC3)C2)cc1. The highest BCUT2D eigenvalue weighted by molar-refractivity contribution is 5.21. The van der Waals surface area contributed by atoms with Crippen LogP contribution in [0.1, 0.15) is 30.7 Å². The van der Waals surface area contributed by atoms with E-state index in [4.69, 9.17) is 4.74 Å². The summed E-state index contributed by atoms with van der Waals surface area (Å²) in [6.07, 6.45) is 3.56. The molecule has 16 heavy (non-hydrogen) atoms. The quantitative estimate of drug-likeness (QED) is 0.779. The Hall–Kier alpha value is -0.860. The van der Waals surface area contributed by atoms with E-state index in [1.165, 1.54) is 24.8 Å². The van der Waals surface area contributed by atoms with E-state index in [-0.39, 0.29) is 5.60 Å². The predicted molar refractivity (Wildman–Crippen MR) is 64.6 cm³/mol. The molecule has 0 saturated carbocycles. The third kappa shape index (κ3) is 1.87. The van der Waals surface area contributed by atoms with Gasteiger partial charge in [0, 0.05) is 5.92 Å². The van der Waals surface area contributed by atoms with Crippen molar-refractivity contribution < 1.29 is 4.74 Å². The number of nitrogens with one attached hydrogen (secondary N) is 1. The molecule has 1 spiro atoms. The Morgan fingerprint density at radius 3 is 2.62 bits per heavy atom. The molecule has 1 aromatic carbocycles. The molecule has 0 amide bonds. The first-order chi connectivity index (χ1) is 7.88. The molecule has 2 aliphatic rings. The van der Waals surface area contributed by atoms with Gasteiger partial charge in [-0.15, -0.1) is 0 Å². The Labute approximate surface area is 97.0 Å². The van der Waals surface area contributed by atoms with Crippen molar-refractivity contribution in [3.63, 3.8) is 0 Å². The lowest BCUT2D eigenvalue weighted by Gasteiger charge is -2.33. The maximum atomic E-state index is 6.11. The van der Waals surface area contributed by atoms with Crippen LogP contribution in [0.4, 0.5) is 0 Å². The van der Waals surface area contributed by atoms with Crippen molar-refractivity contribution in [2.75, 3.05) is 19.7 Å². The van der Waals surface area contributed by atoms with E-state index >= 15 is 0 Å². The highest BCUT2D eigenvalue weighted by atomic mass is 16.5. The van der Waals surface area contributed by atoms with Gasteiger partial charge in [0.2, 0.25) is 0 Å². The molecule has 1 aromatic rings. The van der Waals surface area contributed by atoms with E-state index in [2.05, 4.69) is 35.6 Å². The molecule has 1 N–H and O–H groups in total. The van der Waals surface area contributed by atoms with Crippen LogP contribution in [0.3, 0.4) is 0 Å². The van der Waals surface area contributed by atoms with Gasteiger partial charge in [0.25, 0.3) is 0 Å². The first kappa shape index (κ1) is 10.3. The average Bonchev–Trinajstić information content (AvgIpc) is 2.75. The summed E-state index contributed by atoms with van der Waals surface area (Å²) in [5.41, 5.74) is 1.63. The van der Waals surface area contributed by atoms with Crippen molar-refractivity contribution in [2.45, 2.75) is 30.8 Å². The first-order valence-corrected chi connectivity index (χ1v) is 6.28. The van der Waals surface area contributed by atoms with Crippen LogP contribution < -0.4 is 5.32 Å². The molecule has 2 saturated heterocycles. The maximum absolute atomic E-state index is 6.11. The zero-order valence-electron chi connectivity index (χ0n) is 9.61. The predicted octanol–water partition coefficient (Wildman–Crippen LogP) is 2.31. The average molecular weight is 217 g/mol. The fourth-order valence-corrected chi connectivity index (χ4v) is 3.01. The van der Waals surface area contributed by atoms with Crippen molar-refractivity contribution in [1.82, 2.24) is 5.32 Å². The molecule has 2 aliphatic heterocycles. The van der Waals surface area contributed by atoms with Crippen LogP contribution in [0, 0.1) is 0 Å². The molecular formula is C14H19NO. The Kier molecular flexibility index (Phi) is 2.70. The summed E-state index contributed by atoms with van der Waals surface area (Å²) in [5, 5.41) is 3.41. The molecule has 3 rings (SSSR count). The largest absolute Gasteiger partial charge is 0.374 e. The second-order valence-corrected chi connectivity index (χ2v) is 5.06. The number of rotatable bonds is 1. The summed E-state index contributed by atoms with van der Waals surface area (Å²) in [6, 6.07) is 10.8. The molecule has 0 aromatic heterocycles. The van der Waals surface area contributed by atoms with Gasteiger partial charge in [-0.05, 0) is 37.9 Å². The molecule has 2 nitrogen and oxygen atoms in total. The maximum Gasteiger partial charge on any atom is 0.0713 e. The van der Waals surface area contributed by atoms with Crippen LogP contribution in [0.25, 0.3) is 0 Å². The summed E-state index contributed by atoms with van der Waals surface area (Å²) in [6.45, 7) is 3.13. The topological polar surface area (TPSA) is 21.3 Å². The number of benzene rings is 1. The second kappa shape index (κ2) is 4.19. The molecule has 1 atom stereocenters. The van der Waals surface area contributed by atoms with Crippen LogP contribution in [-0.4, -0.2) is 25.3 Å². The molecule has 0 aliphatic carbocycles. The van der Waals surface area contributed by atoms with Crippen molar-refractivity contribution in [2.24, 2.45) is 0 Å². The van der Waals surface area contributed by atoms with Crippen LogP contribution >= 0.6 is 0 Å². The summed E-state index contributed by atoms with van der Waals surface area (Å²) in [7, 11) is 0. The molecular weight excluding hydrogens is 198 g/mol. The van der Waals surface area contributed by atoms with Crippen LogP contribution in [0.15, 0.2) is 30.3 Å². The van der Waals surface area contributed by atoms with E-state index in [1.54, 1.807) is 0 Å². The van der Waals surface area contributed by atoms with E-state index in [0.717, 1.165) is 19.7 Å². The van der Waals surface area contributed by atoms with E-state index < -0.39 is 0 Å². The molecule has 0 unspecified atom stereocenters. The Morgan fingerprint density at radius 1 is 1.12 bits per heavy atom. The summed E-state index contributed by atoms with van der Waals surface area (Å²) in [5.74, 6) is 0.610. The lowest BCUT2D eigenvalue weighted by molar-refractivity contribution is -0.0193. The van der Waals surface area contributed by atoms with Crippen molar-refractivity contribution in [3.05, 3.63) is 35.9 Å². The number of hydrogen-bond acceptors (Lipinski definition) is 2. The van der Waals surface area contributed by atoms with Gasteiger partial charge in [-0.25, -0.2) is 0 Å². The lowest BCUT2D eigenvalue weighted by atomic mass is 9.84. The molecule has 0 radical (unpaired) electrons. The lowest BCUT2D eigenvalue weighted by Crippen LogP contribution is -2.41. The number of piperidine rings is 1. The van der Waals surface area contributed by atoms with Gasteiger partial charge in [-0.1, -0.05) is 30.3 Å². The van der Waals surface area contributed by atoms with Gasteiger partial charge >= 0.3 is 0 Å². The minimum atomic E-state index is 0.186. The van der Waals surface area contributed by atoms with Crippen LogP contribution in [0.2, 0.25) is 0 Å². The molecule has 2 heterocycles. The Morgan fingerprint density at radius 2 is 1.88 bits per heavy atom. The second-order valence-electron chi connectivity index (χ2n) is 5.06. The van der Waals surface area contributed by atoms with Crippen LogP contribution in [0.5, 0.6) is 0 Å². The fraction of sp³-hybridized carbons (Fsp3) is 0.571. The van der Waals surface area contributed by atoms with E-state index in [0.29, 0.717) is 5.92 Å². The van der Waals surface area contributed by atoms with Crippen LogP contribution in [-0.2, 0) is 4.74 Å². The highest BCUT2D eigenvalue weighted by Crippen LogP contribution is 2.41. The van der Waals surface area contributed by atoms with Gasteiger partial charge in [-0.3, -0.25) is 0 Å². The van der Waals surface area contributed by atoms with Gasteiger partial charge in [0.05, 0.1) is 12.2 Å². The zero-order chi connectivity index (χ0) is 10.8. The Bertz CT molecular complexity index is 343. The minimum Gasteiger partial charge on any atom is -0.374 e. The van der Waals surface area contributed by atoms with Gasteiger partial charge in [0.15, 0.2) is 0 Å². The third-order valence-electron chi connectivity index (χ3n) is 3.99. The zero-order valence-corrected chi connectivity index (χ0v) is 9.61. The van der Waals surface area contributed by atoms with Crippen molar-refractivity contribution in [1.29, 1.82) is 0 Å². The van der Waals surface area contributed by atoms with Crippen molar-refractivity contribution in [3.8, 4) is 0 Å². The van der Waals surface area contributed by atoms with E-state index in [9.17, 15) is 0 Å². The molecule has 86 valence electrons. The van der Waals surface area contributed by atoms with Gasteiger partial charge in [0.1, 0.15) is 0 Å². The molecule has 2 fully saturated rings. The summed E-state index contributed by atoms with van der Waals surface area (Å²) >= 11 is 0. The fourth-order valence-electron chi connectivity index (χ4n) is 3.01. The van der Waals surface area contributed by atoms with Gasteiger partial charge < -0.3 is 10.1 Å². The Balaban J connectivity index is 1.73. The first-order valence-electron chi connectivity index (χ1n) is 6.28. The normalized spacial score (nSPS) is 28.4. The molecule has 2 heteroatoms.